The lowest BCUT2D eigenvalue weighted by atomic mass is 10.00. The van der Waals surface area contributed by atoms with Gasteiger partial charge in [0.15, 0.2) is 0 Å². The van der Waals surface area contributed by atoms with E-state index < -0.39 is 0 Å². The van der Waals surface area contributed by atoms with Crippen LogP contribution in [0.25, 0.3) is 21.3 Å². The molecule has 0 saturated heterocycles. The van der Waals surface area contributed by atoms with Crippen LogP contribution in [0.1, 0.15) is 11.1 Å². The molecule has 0 aliphatic carbocycles. The average molecular weight is 296 g/mol. The monoisotopic (exact) mass is 296 g/mol. The molecule has 0 radical (unpaired) electrons. The Morgan fingerprint density at radius 3 is 2.90 bits per heavy atom. The zero-order chi connectivity index (χ0) is 15.0. The first kappa shape index (κ1) is 13.8. The molecule has 3 aromatic rings. The van der Waals surface area contributed by atoms with E-state index in [-0.39, 0.29) is 5.56 Å². The van der Waals surface area contributed by atoms with Crippen LogP contribution in [0.4, 0.5) is 0 Å². The molecule has 0 unspecified atom stereocenters. The van der Waals surface area contributed by atoms with E-state index in [1.54, 1.807) is 17.0 Å². The fourth-order valence-corrected chi connectivity index (χ4v) is 3.39. The third-order valence-electron chi connectivity index (χ3n) is 3.56. The van der Waals surface area contributed by atoms with Crippen LogP contribution < -0.4 is 5.56 Å². The molecule has 2 aromatic heterocycles. The second-order valence-electron chi connectivity index (χ2n) is 5.14. The molecule has 0 atom stereocenters. The first-order chi connectivity index (χ1) is 10.1. The number of hydrogen-bond acceptors (Lipinski definition) is 3. The summed E-state index contributed by atoms with van der Waals surface area (Å²) in [5, 5.41) is 2.03. The van der Waals surface area contributed by atoms with Gasteiger partial charge in [-0.15, -0.1) is 17.9 Å². The lowest BCUT2D eigenvalue weighted by Crippen LogP contribution is -2.18. The summed E-state index contributed by atoms with van der Waals surface area (Å²) in [5.41, 5.74) is 5.38. The van der Waals surface area contributed by atoms with E-state index in [1.165, 1.54) is 22.5 Å². The molecule has 3 nitrogen and oxygen atoms in total. The second-order valence-corrected chi connectivity index (χ2v) is 6.02. The minimum Gasteiger partial charge on any atom is -0.294 e. The zero-order valence-corrected chi connectivity index (χ0v) is 12.9. The Labute approximate surface area is 127 Å². The fraction of sp³-hybridized carbons (Fsp3) is 0.176. The van der Waals surface area contributed by atoms with Crippen LogP contribution in [0.15, 0.2) is 47.4 Å². The van der Waals surface area contributed by atoms with Gasteiger partial charge in [-0.05, 0) is 25.0 Å². The molecule has 0 saturated carbocycles. The molecule has 0 spiro atoms. The maximum atomic E-state index is 12.4. The predicted molar refractivity (Wildman–Crippen MR) is 89.0 cm³/mol. The Hall–Kier alpha value is -2.20. The Bertz CT molecular complexity index is 889. The first-order valence-electron chi connectivity index (χ1n) is 6.77. The summed E-state index contributed by atoms with van der Waals surface area (Å²) < 4.78 is 2.29. The number of rotatable bonds is 3. The van der Waals surface area contributed by atoms with E-state index >= 15 is 0 Å². The van der Waals surface area contributed by atoms with Crippen LogP contribution in [-0.4, -0.2) is 9.55 Å². The minimum absolute atomic E-state index is 0.00135. The van der Waals surface area contributed by atoms with Crippen molar-refractivity contribution in [2.24, 2.45) is 0 Å². The normalized spacial score (nSPS) is 11.0. The Morgan fingerprint density at radius 1 is 1.33 bits per heavy atom. The number of fused-ring (bicyclic) bond motifs is 1. The molecular formula is C17H16N2OS. The summed E-state index contributed by atoms with van der Waals surface area (Å²) in [6.07, 6.45) is 3.31. The molecule has 0 amide bonds. The van der Waals surface area contributed by atoms with Crippen LogP contribution >= 0.6 is 11.3 Å². The van der Waals surface area contributed by atoms with Crippen molar-refractivity contribution in [3.63, 3.8) is 0 Å². The maximum absolute atomic E-state index is 12.4. The first-order valence-corrected chi connectivity index (χ1v) is 7.65. The average Bonchev–Trinajstić information content (AvgIpc) is 2.89. The lowest BCUT2D eigenvalue weighted by molar-refractivity contribution is 0.770. The number of aromatic nitrogens is 2. The van der Waals surface area contributed by atoms with E-state index in [9.17, 15) is 4.79 Å². The molecule has 2 heterocycles. The Kier molecular flexibility index (Phi) is 3.47. The molecule has 21 heavy (non-hydrogen) atoms. The van der Waals surface area contributed by atoms with Crippen LogP contribution in [0.2, 0.25) is 0 Å². The van der Waals surface area contributed by atoms with Crippen molar-refractivity contribution in [3.8, 4) is 11.1 Å². The quantitative estimate of drug-likeness (QED) is 0.686. The molecule has 0 fully saturated rings. The van der Waals surface area contributed by atoms with E-state index in [0.29, 0.717) is 11.2 Å². The standard InChI is InChI=1S/C17H16N2OS/c1-4-7-19-10-18-15-14(9-21-16(15)17(19)20)13-8-11(2)5-6-12(13)3/h4-6,8-10H,1,7H2,2-3H3. The van der Waals surface area contributed by atoms with Crippen molar-refractivity contribution < 1.29 is 0 Å². The predicted octanol–water partition coefficient (Wildman–Crippen LogP) is 3.93. The minimum atomic E-state index is 0.00135. The third kappa shape index (κ3) is 2.32. The fourth-order valence-electron chi connectivity index (χ4n) is 2.43. The molecule has 0 aliphatic rings. The number of allylic oxidation sites excluding steroid dienone is 1. The van der Waals surface area contributed by atoms with Gasteiger partial charge < -0.3 is 0 Å². The van der Waals surface area contributed by atoms with Gasteiger partial charge in [0.1, 0.15) is 4.70 Å². The highest BCUT2D eigenvalue weighted by molar-refractivity contribution is 7.17. The summed E-state index contributed by atoms with van der Waals surface area (Å²) in [4.78, 5) is 16.9. The summed E-state index contributed by atoms with van der Waals surface area (Å²) >= 11 is 1.46. The van der Waals surface area contributed by atoms with Crippen molar-refractivity contribution in [1.29, 1.82) is 0 Å². The van der Waals surface area contributed by atoms with E-state index in [2.05, 4.69) is 43.6 Å². The maximum Gasteiger partial charge on any atom is 0.271 e. The van der Waals surface area contributed by atoms with E-state index in [0.717, 1.165) is 16.6 Å². The van der Waals surface area contributed by atoms with Crippen molar-refractivity contribution in [2.75, 3.05) is 0 Å². The zero-order valence-electron chi connectivity index (χ0n) is 12.1. The number of nitrogens with zero attached hydrogens (tertiary/aromatic N) is 2. The largest absolute Gasteiger partial charge is 0.294 e. The number of benzene rings is 1. The van der Waals surface area contributed by atoms with Gasteiger partial charge in [-0.3, -0.25) is 9.36 Å². The van der Waals surface area contributed by atoms with E-state index in [4.69, 9.17) is 0 Å². The van der Waals surface area contributed by atoms with E-state index in [1.807, 2.05) is 5.38 Å². The molecular weight excluding hydrogens is 280 g/mol. The Balaban J connectivity index is 2.26. The van der Waals surface area contributed by atoms with Crippen molar-refractivity contribution >= 4 is 21.6 Å². The number of aryl methyl sites for hydroxylation is 2. The van der Waals surface area contributed by atoms with Gasteiger partial charge >= 0.3 is 0 Å². The molecule has 0 bridgehead atoms. The second kappa shape index (κ2) is 5.30. The van der Waals surface area contributed by atoms with Crippen molar-refractivity contribution in [3.05, 3.63) is 64.0 Å². The molecule has 0 aliphatic heterocycles. The highest BCUT2D eigenvalue weighted by Gasteiger charge is 2.13. The number of thiophene rings is 1. The SMILES string of the molecule is C=CCn1cnc2c(-c3cc(C)ccc3C)csc2c1=O. The summed E-state index contributed by atoms with van der Waals surface area (Å²) in [7, 11) is 0. The molecule has 4 heteroatoms. The third-order valence-corrected chi connectivity index (χ3v) is 4.51. The summed E-state index contributed by atoms with van der Waals surface area (Å²) in [6.45, 7) is 8.30. The van der Waals surface area contributed by atoms with Crippen LogP contribution in [0, 0.1) is 13.8 Å². The van der Waals surface area contributed by atoms with Gasteiger partial charge in [-0.2, -0.15) is 0 Å². The van der Waals surface area contributed by atoms with Gasteiger partial charge in [0, 0.05) is 17.5 Å². The summed E-state index contributed by atoms with van der Waals surface area (Å²) in [6, 6.07) is 6.35. The highest BCUT2D eigenvalue weighted by atomic mass is 32.1. The smallest absolute Gasteiger partial charge is 0.271 e. The molecule has 106 valence electrons. The summed E-state index contributed by atoms with van der Waals surface area (Å²) in [5.74, 6) is 0. The number of hydrogen-bond donors (Lipinski definition) is 0. The van der Waals surface area contributed by atoms with Crippen molar-refractivity contribution in [1.82, 2.24) is 9.55 Å². The van der Waals surface area contributed by atoms with Gasteiger partial charge in [0.05, 0.1) is 11.8 Å². The molecule has 0 N–H and O–H groups in total. The van der Waals surface area contributed by atoms with Crippen LogP contribution in [-0.2, 0) is 6.54 Å². The van der Waals surface area contributed by atoms with Crippen LogP contribution in [0.5, 0.6) is 0 Å². The van der Waals surface area contributed by atoms with Gasteiger partial charge in [-0.25, -0.2) is 4.98 Å². The van der Waals surface area contributed by atoms with Crippen molar-refractivity contribution in [2.45, 2.75) is 20.4 Å². The lowest BCUT2D eigenvalue weighted by Gasteiger charge is -2.06. The molecule has 1 aromatic carbocycles. The highest BCUT2D eigenvalue weighted by Crippen LogP contribution is 2.33. The van der Waals surface area contributed by atoms with Crippen LogP contribution in [0.3, 0.4) is 0 Å². The van der Waals surface area contributed by atoms with Gasteiger partial charge in [-0.1, -0.05) is 29.8 Å². The Morgan fingerprint density at radius 2 is 2.14 bits per heavy atom. The molecule has 3 rings (SSSR count). The van der Waals surface area contributed by atoms with Gasteiger partial charge in [0.2, 0.25) is 0 Å². The topological polar surface area (TPSA) is 34.9 Å². The van der Waals surface area contributed by atoms with Gasteiger partial charge in [0.25, 0.3) is 5.56 Å².